The minimum Gasteiger partial charge on any atom is -0.508 e. The molecule has 0 saturated carbocycles. The molecule has 0 spiro atoms. The van der Waals surface area contributed by atoms with E-state index >= 15 is 0 Å². The van der Waals surface area contributed by atoms with Crippen molar-refractivity contribution in [2.45, 2.75) is 56.3 Å². The number of aliphatic hydroxyl groups is 1. The Hall–Kier alpha value is -5.77. The fourth-order valence-electron chi connectivity index (χ4n) is 7.29. The third kappa shape index (κ3) is 10.1. The summed E-state index contributed by atoms with van der Waals surface area (Å²) < 4.78 is 28.8. The zero-order chi connectivity index (χ0) is 45.2. The number of phenols is 1. The van der Waals surface area contributed by atoms with Crippen LogP contribution in [0.5, 0.6) is 5.75 Å². The van der Waals surface area contributed by atoms with Gasteiger partial charge in [0.2, 0.25) is 17.7 Å². The average Bonchev–Trinajstić information content (AvgIpc) is 3.74. The molecule has 0 bridgehead atoms. The topological polar surface area (TPSA) is 286 Å². The first-order valence-corrected chi connectivity index (χ1v) is 22.0. The molecule has 4 aliphatic rings. The molecule has 0 radical (unpaired) electrons. The minimum atomic E-state index is -3.91. The van der Waals surface area contributed by atoms with E-state index in [9.17, 15) is 53.8 Å². The molecular formula is C41H42N4O16PS+. The van der Waals surface area contributed by atoms with Crippen molar-refractivity contribution in [2.24, 2.45) is 0 Å². The number of H-pyrrole nitrogens is 1. The highest BCUT2D eigenvalue weighted by molar-refractivity contribution is 8.00. The molecule has 5 atom stereocenters. The molecule has 2 fully saturated rings. The third-order valence-corrected chi connectivity index (χ3v) is 13.0. The predicted octanol–water partition coefficient (Wildman–Crippen LogP) is 3.40. The Labute approximate surface area is 361 Å². The predicted molar refractivity (Wildman–Crippen MR) is 227 cm³/mol. The number of fused-ring (bicyclic) bond motifs is 2. The summed E-state index contributed by atoms with van der Waals surface area (Å²) in [7, 11) is -2.75. The second kappa shape index (κ2) is 18.9. The number of carbonyl (C=O) groups excluding carboxylic acids is 3. The van der Waals surface area contributed by atoms with E-state index in [1.807, 2.05) is 0 Å². The minimum absolute atomic E-state index is 0.00846. The monoisotopic (exact) mass is 909 g/mol. The molecule has 1 aromatic heterocycles. The quantitative estimate of drug-likeness (QED) is 0.0337. The second-order valence-corrected chi connectivity index (χ2v) is 17.8. The summed E-state index contributed by atoms with van der Waals surface area (Å²) in [6.07, 6.45) is -1.69. The molecule has 63 heavy (non-hydrogen) atoms. The molecule has 2 saturated heterocycles. The molecule has 2 aromatic carbocycles. The van der Waals surface area contributed by atoms with Crippen LogP contribution in [0.4, 0.5) is 5.69 Å². The number of carboxylic acids is 1. The van der Waals surface area contributed by atoms with Gasteiger partial charge >= 0.3 is 19.8 Å². The zero-order valence-electron chi connectivity index (χ0n) is 33.7. The normalized spacial score (nSPS) is 19.8. The van der Waals surface area contributed by atoms with Crippen LogP contribution in [0.3, 0.4) is 0 Å². The Morgan fingerprint density at radius 3 is 2.57 bits per heavy atom. The molecule has 5 unspecified atom stereocenters. The van der Waals surface area contributed by atoms with Crippen LogP contribution in [-0.4, -0.2) is 108 Å². The summed E-state index contributed by atoms with van der Waals surface area (Å²) in [5, 5.41) is 33.2. The fraction of sp³-hybridized carbons (Fsp3) is 0.341. The number of likely N-dealkylation sites (tertiary alicyclic amines) is 1. The number of carboxylic acid groups (broad SMARTS) is 1. The van der Waals surface area contributed by atoms with E-state index in [1.165, 1.54) is 61.7 Å². The number of nitrogens with zero attached hydrogens (tertiary/aromatic N) is 2. The molecule has 3 amide bonds. The van der Waals surface area contributed by atoms with Gasteiger partial charge in [-0.2, -0.15) is 18.5 Å². The number of amides is 3. The van der Waals surface area contributed by atoms with E-state index < -0.39 is 66.8 Å². The Balaban J connectivity index is 0.883. The van der Waals surface area contributed by atoms with Gasteiger partial charge in [0.25, 0.3) is 5.56 Å². The zero-order valence-corrected chi connectivity index (χ0v) is 35.4. The maximum absolute atomic E-state index is 13.1. The number of ether oxygens (including phenoxy) is 1. The third-order valence-electron chi connectivity index (χ3n) is 10.4. The summed E-state index contributed by atoms with van der Waals surface area (Å²) in [5.41, 5.74) is 0.117. The van der Waals surface area contributed by atoms with Gasteiger partial charge in [0.1, 0.15) is 42.6 Å². The van der Waals surface area contributed by atoms with Gasteiger partial charge in [-0.15, -0.1) is 11.8 Å². The van der Waals surface area contributed by atoms with Gasteiger partial charge < -0.3 is 29.8 Å². The molecule has 20 nitrogen and oxygen atoms in total. The number of hydrogen-bond acceptors (Lipinski definition) is 16. The first-order valence-electron chi connectivity index (χ1n) is 19.5. The molecule has 3 aliphatic heterocycles. The number of aromatic nitrogens is 2. The maximum atomic E-state index is 13.1. The standard InChI is InChI=1S/C41H41N4O16PS/c1-21-19-45(41(55)43-38(21)51)36-17-29(48)32(61-36)20-59-62(56,57-2)58-12-13-63-33-18-35(50)44(39(33)52)11-3-4-34(49)42-22-5-8-25(28(14-22)40(53)54)37-26-9-6-23(46)15-30(26)60-31-16-24(47)7-10-27(31)37/h5-10,14-16,19,29,32-33,36,48,56H,3-4,11-13,17-18,20H2,1-2H3,(H3-,42,43,46,47,49,51,53,54,55)/p+1. The number of benzene rings is 3. The first-order chi connectivity index (χ1) is 30.0. The SMILES string of the molecule is CO[P+](O)(OCCSC1CC(=O)N(CCCC(=O)Nc2ccc(-c3c4ccc(=O)cc-4oc4cc(O)ccc34)c(C(=O)O)c2)C1=O)OCC1OC(n2cc(C)c(=O)[nH]c2=O)CC1O. The number of anilines is 1. The molecule has 4 heterocycles. The van der Waals surface area contributed by atoms with E-state index in [1.54, 1.807) is 6.07 Å². The van der Waals surface area contributed by atoms with Crippen LogP contribution in [-0.2, 0) is 32.7 Å². The number of nitrogens with one attached hydrogen (secondary N) is 2. The average molecular weight is 910 g/mol. The molecule has 22 heteroatoms. The number of aromatic amines is 1. The number of thioether (sulfide) groups is 1. The van der Waals surface area contributed by atoms with Crippen molar-refractivity contribution in [3.63, 3.8) is 0 Å². The number of hydrogen-bond donors (Lipinski definition) is 6. The van der Waals surface area contributed by atoms with Crippen LogP contribution < -0.4 is 22.0 Å². The van der Waals surface area contributed by atoms with Crippen LogP contribution in [0, 0.1) is 6.92 Å². The van der Waals surface area contributed by atoms with Crippen molar-refractivity contribution in [1.29, 1.82) is 0 Å². The van der Waals surface area contributed by atoms with Crippen LogP contribution >= 0.6 is 19.9 Å². The van der Waals surface area contributed by atoms with Gasteiger partial charge in [-0.05, 0) is 55.3 Å². The number of aromatic hydroxyl groups is 1. The Morgan fingerprint density at radius 1 is 1.03 bits per heavy atom. The van der Waals surface area contributed by atoms with Crippen LogP contribution in [0.25, 0.3) is 33.4 Å². The number of phenolic OH excluding ortho intramolecular Hbond substituents is 1. The molecule has 7 rings (SSSR count). The molecule has 332 valence electrons. The lowest BCUT2D eigenvalue weighted by atomic mass is 9.90. The van der Waals surface area contributed by atoms with Crippen LogP contribution in [0.15, 0.2) is 79.6 Å². The number of rotatable bonds is 17. The highest BCUT2D eigenvalue weighted by Crippen LogP contribution is 2.57. The van der Waals surface area contributed by atoms with E-state index in [2.05, 4.69) is 10.3 Å². The molecule has 1 aliphatic carbocycles. The Bertz CT molecular complexity index is 2740. The summed E-state index contributed by atoms with van der Waals surface area (Å²) >= 11 is 1.12. The molecule has 6 N–H and O–H groups in total. The number of aromatic carboxylic acids is 1. The van der Waals surface area contributed by atoms with E-state index in [0.29, 0.717) is 16.5 Å². The van der Waals surface area contributed by atoms with Crippen molar-refractivity contribution in [3.8, 4) is 28.2 Å². The summed E-state index contributed by atoms with van der Waals surface area (Å²) in [6, 6.07) is 12.8. The van der Waals surface area contributed by atoms with E-state index in [0.717, 1.165) is 28.3 Å². The van der Waals surface area contributed by atoms with Gasteiger partial charge in [-0.3, -0.25) is 38.4 Å². The summed E-state index contributed by atoms with van der Waals surface area (Å²) in [5.74, 6) is -2.40. The van der Waals surface area contributed by atoms with Crippen LogP contribution in [0.2, 0.25) is 0 Å². The van der Waals surface area contributed by atoms with Crippen molar-refractivity contribution in [2.75, 3.05) is 37.9 Å². The van der Waals surface area contributed by atoms with Crippen molar-refractivity contribution < 1.29 is 62.1 Å². The second-order valence-electron chi connectivity index (χ2n) is 14.7. The van der Waals surface area contributed by atoms with Gasteiger partial charge in [-0.1, -0.05) is 6.07 Å². The van der Waals surface area contributed by atoms with Crippen LogP contribution in [0.1, 0.15) is 47.8 Å². The Kier molecular flexibility index (Phi) is 13.6. The van der Waals surface area contributed by atoms with Gasteiger partial charge in [0, 0.05) is 77.7 Å². The lowest BCUT2D eigenvalue weighted by Crippen LogP contribution is -2.33. The summed E-state index contributed by atoms with van der Waals surface area (Å²) in [4.78, 5) is 102. The molecular weight excluding hydrogens is 868 g/mol. The first kappa shape index (κ1) is 45.3. The maximum Gasteiger partial charge on any atom is 0.572 e. The highest BCUT2D eigenvalue weighted by atomic mass is 32.2. The lowest BCUT2D eigenvalue weighted by molar-refractivity contribution is -0.138. The fourth-order valence-corrected chi connectivity index (χ4v) is 9.36. The van der Waals surface area contributed by atoms with Gasteiger partial charge in [0.15, 0.2) is 5.43 Å². The van der Waals surface area contributed by atoms with Crippen molar-refractivity contribution in [3.05, 3.63) is 103 Å². The van der Waals surface area contributed by atoms with Gasteiger partial charge in [-0.25, -0.2) is 9.59 Å². The number of carbonyl (C=O) groups is 4. The highest BCUT2D eigenvalue weighted by Gasteiger charge is 2.47. The smallest absolute Gasteiger partial charge is 0.508 e. The molecule has 3 aromatic rings. The Morgan fingerprint density at radius 2 is 1.81 bits per heavy atom. The van der Waals surface area contributed by atoms with Crippen molar-refractivity contribution >= 4 is 60.3 Å². The number of aliphatic hydroxyl groups excluding tert-OH is 1. The van der Waals surface area contributed by atoms with E-state index in [-0.39, 0.29) is 96.1 Å². The summed E-state index contributed by atoms with van der Waals surface area (Å²) in [6.45, 7) is 0.974. The van der Waals surface area contributed by atoms with Gasteiger partial charge in [0.05, 0.1) is 24.0 Å². The number of aryl methyl sites for hydroxylation is 1. The number of imide groups is 1. The van der Waals surface area contributed by atoms with E-state index in [4.69, 9.17) is 22.7 Å². The lowest BCUT2D eigenvalue weighted by Gasteiger charge is -2.18. The largest absolute Gasteiger partial charge is 0.572 e. The van der Waals surface area contributed by atoms with Crippen molar-refractivity contribution in [1.82, 2.24) is 14.5 Å².